The third-order valence-electron chi connectivity index (χ3n) is 5.16. The van der Waals surface area contributed by atoms with Crippen LogP contribution in [0.4, 0.5) is 0 Å². The lowest BCUT2D eigenvalue weighted by molar-refractivity contribution is 0.104. The Hall–Kier alpha value is -3.25. The van der Waals surface area contributed by atoms with Crippen LogP contribution in [0.2, 0.25) is 5.15 Å². The topological polar surface area (TPSA) is 66.9 Å². The Balaban J connectivity index is 1.77. The van der Waals surface area contributed by atoms with Crippen LogP contribution in [0, 0.1) is 0 Å². The molecule has 0 saturated heterocycles. The number of carbonyl (C=O) groups is 1. The number of rotatable bonds is 5. The predicted octanol–water partition coefficient (Wildman–Crippen LogP) is 4.75. The minimum absolute atomic E-state index is 0.0607. The van der Waals surface area contributed by atoms with Crippen LogP contribution in [-0.4, -0.2) is 39.2 Å². The molecule has 30 heavy (non-hydrogen) atoms. The number of ketones is 1. The maximum atomic E-state index is 13.0. The number of methoxy groups -OCH3 is 4. The van der Waals surface area contributed by atoms with Gasteiger partial charge in [0.1, 0.15) is 5.15 Å². The van der Waals surface area contributed by atoms with E-state index >= 15 is 0 Å². The summed E-state index contributed by atoms with van der Waals surface area (Å²) in [4.78, 5) is 17.4. The van der Waals surface area contributed by atoms with Gasteiger partial charge in [0.05, 0.1) is 34.0 Å². The first-order valence-electron chi connectivity index (χ1n) is 9.21. The van der Waals surface area contributed by atoms with Crippen molar-refractivity contribution in [1.29, 1.82) is 0 Å². The molecule has 0 spiro atoms. The van der Waals surface area contributed by atoms with Gasteiger partial charge >= 0.3 is 0 Å². The number of Topliss-reactive ketones (excluding diaryl/α,β-unsaturated/α-hetero) is 1. The molecule has 3 aromatic rings. The highest BCUT2D eigenvalue weighted by Gasteiger charge is 2.27. The van der Waals surface area contributed by atoms with Gasteiger partial charge in [0.2, 0.25) is 0 Å². The molecular formula is C23H20ClNO5. The highest BCUT2D eigenvalue weighted by atomic mass is 35.5. The van der Waals surface area contributed by atoms with Crippen LogP contribution in [-0.2, 0) is 6.42 Å². The number of pyridine rings is 1. The minimum atomic E-state index is -0.0607. The maximum absolute atomic E-state index is 13.0. The quantitative estimate of drug-likeness (QED) is 0.434. The fourth-order valence-corrected chi connectivity index (χ4v) is 3.84. The van der Waals surface area contributed by atoms with Crippen LogP contribution in [0.3, 0.4) is 0 Å². The van der Waals surface area contributed by atoms with E-state index in [2.05, 4.69) is 4.98 Å². The number of aromatic nitrogens is 1. The van der Waals surface area contributed by atoms with Gasteiger partial charge in [-0.2, -0.15) is 0 Å². The summed E-state index contributed by atoms with van der Waals surface area (Å²) in [7, 11) is 6.26. The van der Waals surface area contributed by atoms with Gasteiger partial charge in [-0.15, -0.1) is 0 Å². The molecule has 1 aliphatic carbocycles. The van der Waals surface area contributed by atoms with Gasteiger partial charge in [-0.1, -0.05) is 11.6 Å². The summed E-state index contributed by atoms with van der Waals surface area (Å²) in [5, 5.41) is 1.14. The standard InChI is InChI=1S/C23H20ClNO5/c1-27-18-8-12-5-14(22(26)16(12)10-20(18)29-3)7-15-6-13-9-19(28-2)21(30-4)11-17(13)25-23(15)24/h6-11H,5H2,1-4H3/b14-7+. The Morgan fingerprint density at radius 1 is 0.867 bits per heavy atom. The van der Waals surface area contributed by atoms with Crippen LogP contribution in [0.15, 0.2) is 35.9 Å². The molecule has 0 fully saturated rings. The lowest BCUT2D eigenvalue weighted by atomic mass is 10.1. The number of fused-ring (bicyclic) bond motifs is 2. The average Bonchev–Trinajstić information content (AvgIpc) is 3.06. The molecule has 0 unspecified atom stereocenters. The van der Waals surface area contributed by atoms with Gasteiger partial charge in [-0.05, 0) is 35.9 Å². The van der Waals surface area contributed by atoms with Gasteiger partial charge < -0.3 is 18.9 Å². The molecule has 0 saturated carbocycles. The molecule has 0 radical (unpaired) electrons. The van der Waals surface area contributed by atoms with Crippen LogP contribution < -0.4 is 18.9 Å². The van der Waals surface area contributed by atoms with Crippen LogP contribution in [0.5, 0.6) is 23.0 Å². The van der Waals surface area contributed by atoms with Gasteiger partial charge in [0.15, 0.2) is 28.8 Å². The van der Waals surface area contributed by atoms with E-state index in [1.807, 2.05) is 18.2 Å². The number of carbonyl (C=O) groups excluding carboxylic acids is 1. The Morgan fingerprint density at radius 3 is 2.13 bits per heavy atom. The second-order valence-electron chi connectivity index (χ2n) is 6.81. The van der Waals surface area contributed by atoms with Crippen molar-refractivity contribution < 1.29 is 23.7 Å². The first-order chi connectivity index (χ1) is 14.5. The Bertz CT molecular complexity index is 1200. The lowest BCUT2D eigenvalue weighted by Gasteiger charge is -2.10. The van der Waals surface area contributed by atoms with Gasteiger partial charge in [0, 0.05) is 34.6 Å². The van der Waals surface area contributed by atoms with E-state index < -0.39 is 0 Å². The summed E-state index contributed by atoms with van der Waals surface area (Å²) in [6, 6.07) is 9.04. The van der Waals surface area contributed by atoms with Gasteiger partial charge in [-0.25, -0.2) is 4.98 Å². The number of halogens is 1. The smallest absolute Gasteiger partial charge is 0.189 e. The van der Waals surface area contributed by atoms with Crippen molar-refractivity contribution in [1.82, 2.24) is 4.98 Å². The first kappa shape index (κ1) is 20.0. The number of allylic oxidation sites excluding steroid dienone is 1. The number of benzene rings is 2. The zero-order chi connectivity index (χ0) is 21.4. The fraction of sp³-hybridized carbons (Fsp3) is 0.217. The SMILES string of the molecule is COc1cc2c(cc1OC)C(=O)/C(=C/c1cc3cc(OC)c(OC)cc3nc1Cl)C2. The van der Waals surface area contributed by atoms with Crippen molar-refractivity contribution in [2.45, 2.75) is 6.42 Å². The molecule has 0 atom stereocenters. The highest BCUT2D eigenvalue weighted by Crippen LogP contribution is 2.38. The Morgan fingerprint density at radius 2 is 1.47 bits per heavy atom. The number of hydrogen-bond donors (Lipinski definition) is 0. The summed E-state index contributed by atoms with van der Waals surface area (Å²) in [6.45, 7) is 0. The van der Waals surface area contributed by atoms with Gasteiger partial charge in [0.25, 0.3) is 0 Å². The zero-order valence-electron chi connectivity index (χ0n) is 17.0. The third-order valence-corrected chi connectivity index (χ3v) is 5.46. The highest BCUT2D eigenvalue weighted by molar-refractivity contribution is 6.31. The average molecular weight is 426 g/mol. The summed E-state index contributed by atoms with van der Waals surface area (Å²) >= 11 is 6.43. The zero-order valence-corrected chi connectivity index (χ0v) is 17.8. The van der Waals surface area contributed by atoms with Crippen molar-refractivity contribution in [2.75, 3.05) is 28.4 Å². The van der Waals surface area contributed by atoms with Crippen molar-refractivity contribution >= 4 is 34.4 Å². The second kappa shape index (κ2) is 7.88. The van der Waals surface area contributed by atoms with E-state index in [1.54, 1.807) is 46.6 Å². The molecule has 4 rings (SSSR count). The predicted molar refractivity (Wildman–Crippen MR) is 115 cm³/mol. The van der Waals surface area contributed by atoms with Crippen molar-refractivity contribution in [2.24, 2.45) is 0 Å². The largest absolute Gasteiger partial charge is 0.493 e. The molecule has 0 N–H and O–H groups in total. The molecule has 1 aliphatic rings. The third kappa shape index (κ3) is 3.33. The van der Waals surface area contributed by atoms with Crippen LogP contribution in [0.1, 0.15) is 21.5 Å². The molecule has 0 bridgehead atoms. The summed E-state index contributed by atoms with van der Waals surface area (Å²) in [5.41, 5.74) is 3.46. The van der Waals surface area contributed by atoms with Crippen molar-refractivity contribution in [3.63, 3.8) is 0 Å². The van der Waals surface area contributed by atoms with E-state index in [-0.39, 0.29) is 5.78 Å². The van der Waals surface area contributed by atoms with Crippen molar-refractivity contribution in [3.8, 4) is 23.0 Å². The molecule has 154 valence electrons. The van der Waals surface area contributed by atoms with Gasteiger partial charge in [-0.3, -0.25) is 4.79 Å². The molecule has 0 amide bonds. The normalized spacial score (nSPS) is 14.2. The molecule has 1 aromatic heterocycles. The molecule has 1 heterocycles. The minimum Gasteiger partial charge on any atom is -0.493 e. The first-order valence-corrected chi connectivity index (χ1v) is 9.59. The number of nitrogens with zero attached hydrogens (tertiary/aromatic N) is 1. The maximum Gasteiger partial charge on any atom is 0.189 e. The number of hydrogen-bond acceptors (Lipinski definition) is 6. The van der Waals surface area contributed by atoms with Crippen LogP contribution >= 0.6 is 11.6 Å². The van der Waals surface area contributed by atoms with E-state index in [0.717, 1.165) is 10.9 Å². The Kier molecular flexibility index (Phi) is 5.26. The van der Waals surface area contributed by atoms with E-state index in [0.29, 0.717) is 56.8 Å². The van der Waals surface area contributed by atoms with E-state index in [1.165, 1.54) is 0 Å². The lowest BCUT2D eigenvalue weighted by Crippen LogP contribution is -1.98. The molecule has 2 aromatic carbocycles. The summed E-state index contributed by atoms with van der Waals surface area (Å²) in [5.74, 6) is 2.23. The van der Waals surface area contributed by atoms with E-state index in [9.17, 15) is 4.79 Å². The van der Waals surface area contributed by atoms with Crippen LogP contribution in [0.25, 0.3) is 17.0 Å². The van der Waals surface area contributed by atoms with Crippen molar-refractivity contribution in [3.05, 3.63) is 57.7 Å². The second-order valence-corrected chi connectivity index (χ2v) is 7.17. The molecule has 7 heteroatoms. The molecular weight excluding hydrogens is 406 g/mol. The Labute approximate surface area is 179 Å². The van der Waals surface area contributed by atoms with E-state index in [4.69, 9.17) is 30.5 Å². The molecule has 0 aliphatic heterocycles. The molecule has 6 nitrogen and oxygen atoms in total. The monoisotopic (exact) mass is 425 g/mol. The summed E-state index contributed by atoms with van der Waals surface area (Å²) in [6.07, 6.45) is 2.27. The summed E-state index contributed by atoms with van der Waals surface area (Å²) < 4.78 is 21.4. The fourth-order valence-electron chi connectivity index (χ4n) is 3.64. The number of ether oxygens (including phenoxy) is 4.